The number of aryl methyl sites for hydroxylation is 1. The summed E-state index contributed by atoms with van der Waals surface area (Å²) in [5, 5.41) is 0.762. The van der Waals surface area contributed by atoms with Crippen LogP contribution in [0.2, 0.25) is 0 Å². The molecule has 202 valence electrons. The van der Waals surface area contributed by atoms with Gasteiger partial charge >= 0.3 is 6.09 Å². The third kappa shape index (κ3) is 6.69. The number of morpholine rings is 1. The van der Waals surface area contributed by atoms with Crippen LogP contribution in [0.5, 0.6) is 0 Å². The number of benzene rings is 1. The van der Waals surface area contributed by atoms with Crippen molar-refractivity contribution in [2.75, 3.05) is 19.7 Å². The molecule has 0 N–H and O–H groups in total. The van der Waals surface area contributed by atoms with Crippen LogP contribution in [0.3, 0.4) is 0 Å². The van der Waals surface area contributed by atoms with Crippen LogP contribution in [-0.2, 0) is 32.2 Å². The summed E-state index contributed by atoms with van der Waals surface area (Å²) in [7, 11) is 0. The van der Waals surface area contributed by atoms with E-state index in [1.807, 2.05) is 36.4 Å². The fourth-order valence-corrected chi connectivity index (χ4v) is 4.63. The van der Waals surface area contributed by atoms with E-state index in [9.17, 15) is 18.8 Å². The number of nitrogens with zero attached hydrogens (tertiary/aromatic N) is 3. The summed E-state index contributed by atoms with van der Waals surface area (Å²) < 4.78 is 27.7. The third-order valence-electron chi connectivity index (χ3n) is 7.28. The standard InChI is InChI=1S/C28H38FN3O5/c1-5-28(3,4)37-27(35)31-13-14-36-25(18-31)26(34)32(22-9-10-22)17-20-16-30(12-6-7-19(2)33)24-11-8-21(29)15-23(20)24/h8,11,15-16,22,25H,5-7,9-10,12-14,17-18H2,1-4H3. The lowest BCUT2D eigenvalue weighted by Crippen LogP contribution is -2.53. The summed E-state index contributed by atoms with van der Waals surface area (Å²) in [6.45, 7) is 9.00. The Bertz CT molecular complexity index is 1160. The first-order chi connectivity index (χ1) is 17.6. The largest absolute Gasteiger partial charge is 0.443 e. The summed E-state index contributed by atoms with van der Waals surface area (Å²) in [4.78, 5) is 41.1. The number of ether oxygens (including phenoxy) is 2. The van der Waals surface area contributed by atoms with Gasteiger partial charge < -0.3 is 28.6 Å². The molecule has 1 aliphatic heterocycles. The number of hydrogen-bond acceptors (Lipinski definition) is 5. The van der Waals surface area contributed by atoms with Crippen LogP contribution in [0, 0.1) is 5.82 Å². The number of carbonyl (C=O) groups excluding carboxylic acids is 3. The number of halogens is 1. The molecule has 1 aromatic heterocycles. The van der Waals surface area contributed by atoms with Gasteiger partial charge in [-0.05, 0) is 70.2 Å². The molecule has 1 unspecified atom stereocenters. The van der Waals surface area contributed by atoms with Gasteiger partial charge in [0.2, 0.25) is 0 Å². The topological polar surface area (TPSA) is 81.1 Å². The molecule has 2 fully saturated rings. The van der Waals surface area contributed by atoms with Crippen LogP contribution in [0.4, 0.5) is 9.18 Å². The molecule has 0 spiro atoms. The van der Waals surface area contributed by atoms with Crippen molar-refractivity contribution < 1.29 is 28.2 Å². The Morgan fingerprint density at radius 2 is 2.00 bits per heavy atom. The predicted octanol–water partition coefficient (Wildman–Crippen LogP) is 4.67. The molecule has 9 heteroatoms. The van der Waals surface area contributed by atoms with Gasteiger partial charge in [-0.2, -0.15) is 0 Å². The highest BCUT2D eigenvalue weighted by atomic mass is 19.1. The van der Waals surface area contributed by atoms with Gasteiger partial charge in [0.15, 0.2) is 6.10 Å². The maximum atomic E-state index is 14.2. The number of amides is 2. The van der Waals surface area contributed by atoms with Crippen LogP contribution < -0.4 is 0 Å². The molecule has 1 atom stereocenters. The third-order valence-corrected chi connectivity index (χ3v) is 7.28. The minimum atomic E-state index is -0.771. The quantitative estimate of drug-likeness (QED) is 0.460. The van der Waals surface area contributed by atoms with Crippen LogP contribution >= 0.6 is 0 Å². The second-order valence-corrected chi connectivity index (χ2v) is 10.8. The van der Waals surface area contributed by atoms with Crippen LogP contribution in [0.1, 0.15) is 65.4 Å². The van der Waals surface area contributed by atoms with Gasteiger partial charge in [0.05, 0.1) is 13.2 Å². The van der Waals surface area contributed by atoms with Gasteiger partial charge in [0, 0.05) is 49.2 Å². The van der Waals surface area contributed by atoms with Gasteiger partial charge in [0.1, 0.15) is 17.2 Å². The van der Waals surface area contributed by atoms with Crippen molar-refractivity contribution in [1.29, 1.82) is 0 Å². The summed E-state index contributed by atoms with van der Waals surface area (Å²) in [5.41, 5.74) is 1.15. The van der Waals surface area contributed by atoms with E-state index in [0.29, 0.717) is 38.9 Å². The van der Waals surface area contributed by atoms with Gasteiger partial charge in [-0.1, -0.05) is 6.92 Å². The van der Waals surface area contributed by atoms with Crippen molar-refractivity contribution in [1.82, 2.24) is 14.4 Å². The maximum absolute atomic E-state index is 14.2. The number of Topliss-reactive ketones (excluding diaryl/α,β-unsaturated/α-hetero) is 1. The zero-order chi connectivity index (χ0) is 26.7. The van der Waals surface area contributed by atoms with Crippen LogP contribution in [-0.4, -0.2) is 69.6 Å². The van der Waals surface area contributed by atoms with E-state index < -0.39 is 17.8 Å². The SMILES string of the molecule is CCC(C)(C)OC(=O)N1CCOC(C(=O)N(Cc2cn(CCCC(C)=O)c3ccc(F)cc23)C2CC2)C1. The minimum Gasteiger partial charge on any atom is -0.443 e. The molecule has 37 heavy (non-hydrogen) atoms. The number of fused-ring (bicyclic) bond motifs is 1. The maximum Gasteiger partial charge on any atom is 0.410 e. The molecule has 0 bridgehead atoms. The van der Waals surface area contributed by atoms with E-state index in [2.05, 4.69) is 0 Å². The summed E-state index contributed by atoms with van der Waals surface area (Å²) >= 11 is 0. The van der Waals surface area contributed by atoms with E-state index in [1.54, 1.807) is 17.9 Å². The predicted molar refractivity (Wildman–Crippen MR) is 138 cm³/mol. The normalized spacial score (nSPS) is 18.2. The fraction of sp³-hybridized carbons (Fsp3) is 0.607. The Labute approximate surface area is 217 Å². The van der Waals surface area contributed by atoms with E-state index in [4.69, 9.17) is 9.47 Å². The fourth-order valence-electron chi connectivity index (χ4n) is 4.63. The lowest BCUT2D eigenvalue weighted by atomic mass is 10.1. The van der Waals surface area contributed by atoms with Crippen molar-refractivity contribution in [3.8, 4) is 0 Å². The second kappa shape index (κ2) is 11.2. The first kappa shape index (κ1) is 27.1. The zero-order valence-corrected chi connectivity index (χ0v) is 22.3. The molecule has 2 aliphatic rings. The molecule has 8 nitrogen and oxygen atoms in total. The molecule has 1 aromatic carbocycles. The number of aromatic nitrogens is 1. The molecule has 1 aliphatic carbocycles. The van der Waals surface area contributed by atoms with Gasteiger partial charge in [0.25, 0.3) is 5.91 Å². The Hall–Kier alpha value is -2.94. The van der Waals surface area contributed by atoms with E-state index in [-0.39, 0.29) is 36.7 Å². The molecule has 2 aromatic rings. The molecular formula is C28H38FN3O5. The van der Waals surface area contributed by atoms with Gasteiger partial charge in [-0.15, -0.1) is 0 Å². The highest BCUT2D eigenvalue weighted by Gasteiger charge is 2.40. The lowest BCUT2D eigenvalue weighted by Gasteiger charge is -2.36. The number of hydrogen-bond donors (Lipinski definition) is 0. The summed E-state index contributed by atoms with van der Waals surface area (Å²) in [5.74, 6) is -0.361. The van der Waals surface area contributed by atoms with Crippen molar-refractivity contribution in [2.24, 2.45) is 0 Å². The molecule has 1 saturated carbocycles. The van der Waals surface area contributed by atoms with Crippen molar-refractivity contribution in [3.63, 3.8) is 0 Å². The Morgan fingerprint density at radius 1 is 1.24 bits per heavy atom. The molecular weight excluding hydrogens is 477 g/mol. The molecule has 2 amide bonds. The smallest absolute Gasteiger partial charge is 0.410 e. The summed E-state index contributed by atoms with van der Waals surface area (Å²) in [6, 6.07) is 4.78. The average Bonchev–Trinajstić information content (AvgIpc) is 3.65. The highest BCUT2D eigenvalue weighted by Crippen LogP contribution is 2.32. The van der Waals surface area contributed by atoms with Crippen LogP contribution in [0.25, 0.3) is 10.9 Å². The molecule has 1 saturated heterocycles. The monoisotopic (exact) mass is 515 g/mol. The zero-order valence-electron chi connectivity index (χ0n) is 22.3. The first-order valence-electron chi connectivity index (χ1n) is 13.2. The second-order valence-electron chi connectivity index (χ2n) is 10.8. The van der Waals surface area contributed by atoms with Crippen molar-refractivity contribution >= 4 is 28.7 Å². The number of ketones is 1. The Kier molecular flexibility index (Phi) is 8.21. The first-order valence-corrected chi connectivity index (χ1v) is 13.2. The van der Waals surface area contributed by atoms with E-state index in [1.165, 1.54) is 12.1 Å². The molecule has 2 heterocycles. The van der Waals surface area contributed by atoms with Crippen molar-refractivity contribution in [2.45, 2.75) is 90.6 Å². The van der Waals surface area contributed by atoms with E-state index in [0.717, 1.165) is 29.3 Å². The van der Waals surface area contributed by atoms with Crippen molar-refractivity contribution in [3.05, 3.63) is 35.8 Å². The van der Waals surface area contributed by atoms with Crippen LogP contribution in [0.15, 0.2) is 24.4 Å². The van der Waals surface area contributed by atoms with Gasteiger partial charge in [-0.25, -0.2) is 9.18 Å². The lowest BCUT2D eigenvalue weighted by molar-refractivity contribution is -0.150. The Morgan fingerprint density at radius 3 is 2.68 bits per heavy atom. The van der Waals surface area contributed by atoms with Gasteiger partial charge in [-0.3, -0.25) is 4.79 Å². The molecule has 0 radical (unpaired) electrons. The molecule has 4 rings (SSSR count). The van der Waals surface area contributed by atoms with E-state index >= 15 is 0 Å². The minimum absolute atomic E-state index is 0.0992. The number of carbonyl (C=O) groups is 3. The number of rotatable bonds is 10. The highest BCUT2D eigenvalue weighted by molar-refractivity contribution is 5.86. The summed E-state index contributed by atoms with van der Waals surface area (Å²) in [6.07, 6.45) is 4.42. The Balaban J connectivity index is 1.51. The average molecular weight is 516 g/mol.